The zero-order valence-electron chi connectivity index (χ0n) is 14.3. The molecule has 1 amide bonds. The maximum absolute atomic E-state index is 12.4. The minimum absolute atomic E-state index is 0. The van der Waals surface area contributed by atoms with Crippen molar-refractivity contribution in [1.82, 2.24) is 5.32 Å². The number of nitrogen functional groups attached to an aromatic ring is 1. The number of benzene rings is 1. The minimum atomic E-state index is -0.317. The lowest BCUT2D eigenvalue weighted by molar-refractivity contribution is -0.126. The van der Waals surface area contributed by atoms with Crippen LogP contribution in [0, 0.1) is 0 Å². The van der Waals surface area contributed by atoms with Crippen LogP contribution in [0.15, 0.2) is 18.2 Å². The minimum Gasteiger partial charge on any atom is -0.487 e. The summed E-state index contributed by atoms with van der Waals surface area (Å²) in [5.41, 5.74) is 7.23. The third-order valence-corrected chi connectivity index (χ3v) is 4.51. The van der Waals surface area contributed by atoms with Crippen molar-refractivity contribution in [3.63, 3.8) is 0 Å². The summed E-state index contributed by atoms with van der Waals surface area (Å²) in [6.45, 7) is 4.84. The van der Waals surface area contributed by atoms with E-state index < -0.39 is 0 Å². The van der Waals surface area contributed by atoms with E-state index in [-0.39, 0.29) is 36.1 Å². The van der Waals surface area contributed by atoms with E-state index in [4.69, 9.17) is 15.2 Å². The molecule has 2 unspecified atom stereocenters. The summed E-state index contributed by atoms with van der Waals surface area (Å²) in [6, 6.07) is 5.53. The molecule has 0 bridgehead atoms. The Kier molecular flexibility index (Phi) is 5.99. The molecule has 2 atom stereocenters. The summed E-state index contributed by atoms with van der Waals surface area (Å²) >= 11 is 0. The Labute approximate surface area is 149 Å². The van der Waals surface area contributed by atoms with Gasteiger partial charge in [0.1, 0.15) is 11.4 Å². The number of nitrogens with two attached hydrogens (primary N) is 1. The Bertz CT molecular complexity index is 586. The number of rotatable bonds is 3. The fourth-order valence-corrected chi connectivity index (χ4v) is 3.43. The second-order valence-corrected chi connectivity index (χ2v) is 7.18. The highest BCUT2D eigenvalue weighted by Crippen LogP contribution is 2.40. The van der Waals surface area contributed by atoms with Crippen molar-refractivity contribution in [1.29, 1.82) is 0 Å². The van der Waals surface area contributed by atoms with Crippen LogP contribution in [-0.2, 0) is 9.53 Å². The maximum atomic E-state index is 12.4. The van der Waals surface area contributed by atoms with Gasteiger partial charge in [-0.05, 0) is 51.3 Å². The molecular formula is C18H27ClN2O3. The van der Waals surface area contributed by atoms with Crippen LogP contribution in [0.1, 0.15) is 57.6 Å². The SMILES string of the molecule is CC1(C)CC(NC(=O)CC2CCCCO2)c2cc(N)ccc2O1.Cl. The van der Waals surface area contributed by atoms with Crippen LogP contribution < -0.4 is 15.8 Å². The van der Waals surface area contributed by atoms with Crippen LogP contribution in [0.3, 0.4) is 0 Å². The van der Waals surface area contributed by atoms with Crippen molar-refractivity contribution in [3.8, 4) is 5.75 Å². The molecule has 6 heteroatoms. The van der Waals surface area contributed by atoms with Gasteiger partial charge < -0.3 is 20.5 Å². The van der Waals surface area contributed by atoms with Gasteiger partial charge in [-0.1, -0.05) is 0 Å². The normalized spacial score (nSPS) is 24.9. The van der Waals surface area contributed by atoms with Gasteiger partial charge in [-0.3, -0.25) is 4.79 Å². The lowest BCUT2D eigenvalue weighted by atomic mass is 9.89. The number of fused-ring (bicyclic) bond motifs is 1. The number of carbonyl (C=O) groups is 1. The number of hydrogen-bond acceptors (Lipinski definition) is 4. The molecule has 0 aliphatic carbocycles. The first kappa shape index (κ1) is 18.9. The smallest absolute Gasteiger partial charge is 0.223 e. The molecule has 1 saturated heterocycles. The van der Waals surface area contributed by atoms with E-state index in [1.807, 2.05) is 32.0 Å². The summed E-state index contributed by atoms with van der Waals surface area (Å²) in [7, 11) is 0. The molecular weight excluding hydrogens is 328 g/mol. The van der Waals surface area contributed by atoms with Gasteiger partial charge in [-0.25, -0.2) is 0 Å². The molecule has 2 heterocycles. The van der Waals surface area contributed by atoms with Crippen molar-refractivity contribution in [2.24, 2.45) is 0 Å². The Hall–Kier alpha value is -1.46. The summed E-state index contributed by atoms with van der Waals surface area (Å²) in [4.78, 5) is 12.4. The van der Waals surface area contributed by atoms with Gasteiger partial charge >= 0.3 is 0 Å². The summed E-state index contributed by atoms with van der Waals surface area (Å²) in [6.07, 6.45) is 4.41. The van der Waals surface area contributed by atoms with Crippen LogP contribution in [0.4, 0.5) is 5.69 Å². The monoisotopic (exact) mass is 354 g/mol. The highest BCUT2D eigenvalue weighted by atomic mass is 35.5. The first-order chi connectivity index (χ1) is 10.9. The quantitative estimate of drug-likeness (QED) is 0.816. The van der Waals surface area contributed by atoms with Crippen molar-refractivity contribution in [3.05, 3.63) is 23.8 Å². The van der Waals surface area contributed by atoms with Crippen LogP contribution >= 0.6 is 12.4 Å². The van der Waals surface area contributed by atoms with E-state index in [0.717, 1.165) is 43.6 Å². The number of nitrogens with one attached hydrogen (secondary N) is 1. The average molecular weight is 355 g/mol. The van der Waals surface area contributed by atoms with E-state index in [2.05, 4.69) is 5.32 Å². The molecule has 2 aliphatic heterocycles. The van der Waals surface area contributed by atoms with Gasteiger partial charge in [-0.15, -0.1) is 12.4 Å². The van der Waals surface area contributed by atoms with Gasteiger partial charge in [0, 0.05) is 24.3 Å². The maximum Gasteiger partial charge on any atom is 0.223 e. The molecule has 1 fully saturated rings. The molecule has 5 nitrogen and oxygen atoms in total. The Morgan fingerprint density at radius 3 is 2.88 bits per heavy atom. The highest BCUT2D eigenvalue weighted by molar-refractivity contribution is 5.85. The van der Waals surface area contributed by atoms with Crippen LogP contribution in [0.5, 0.6) is 5.75 Å². The predicted molar refractivity (Wildman–Crippen MR) is 96.5 cm³/mol. The standard InChI is InChI=1S/C18H26N2O3.ClH/c1-18(2)11-15(14-9-12(19)6-7-16(14)23-18)20-17(21)10-13-5-3-4-8-22-13;/h6-7,9,13,15H,3-5,8,10-11,19H2,1-2H3,(H,20,21);1H. The zero-order chi connectivity index (χ0) is 16.4. The molecule has 134 valence electrons. The summed E-state index contributed by atoms with van der Waals surface area (Å²) < 4.78 is 11.7. The molecule has 0 aromatic heterocycles. The fourth-order valence-electron chi connectivity index (χ4n) is 3.43. The van der Waals surface area contributed by atoms with Crippen molar-refractivity contribution >= 4 is 24.0 Å². The molecule has 0 radical (unpaired) electrons. The molecule has 1 aromatic rings. The fraction of sp³-hybridized carbons (Fsp3) is 0.611. The van der Waals surface area contributed by atoms with Gasteiger partial charge in [-0.2, -0.15) is 0 Å². The van der Waals surface area contributed by atoms with E-state index in [0.29, 0.717) is 12.1 Å². The number of halogens is 1. The molecule has 0 spiro atoms. The van der Waals surface area contributed by atoms with Gasteiger partial charge in [0.05, 0.1) is 18.6 Å². The number of hydrogen-bond donors (Lipinski definition) is 2. The van der Waals surface area contributed by atoms with E-state index in [9.17, 15) is 4.79 Å². The van der Waals surface area contributed by atoms with Crippen molar-refractivity contribution in [2.45, 2.75) is 63.7 Å². The van der Waals surface area contributed by atoms with Gasteiger partial charge in [0.2, 0.25) is 5.91 Å². The largest absolute Gasteiger partial charge is 0.487 e. The number of carbonyl (C=O) groups excluding carboxylic acids is 1. The summed E-state index contributed by atoms with van der Waals surface area (Å²) in [5.74, 6) is 0.836. The topological polar surface area (TPSA) is 73.6 Å². The molecule has 2 aliphatic rings. The average Bonchev–Trinajstić information content (AvgIpc) is 2.48. The Balaban J connectivity index is 0.00000208. The van der Waals surface area contributed by atoms with Crippen molar-refractivity contribution in [2.75, 3.05) is 12.3 Å². The molecule has 3 N–H and O–H groups in total. The Morgan fingerprint density at radius 2 is 2.17 bits per heavy atom. The van der Waals surface area contributed by atoms with Crippen molar-refractivity contribution < 1.29 is 14.3 Å². The molecule has 0 saturated carbocycles. The van der Waals surface area contributed by atoms with Crippen LogP contribution in [0.25, 0.3) is 0 Å². The second-order valence-electron chi connectivity index (χ2n) is 7.18. The first-order valence-electron chi connectivity index (χ1n) is 8.42. The lowest BCUT2D eigenvalue weighted by Gasteiger charge is -2.38. The highest BCUT2D eigenvalue weighted by Gasteiger charge is 2.35. The third kappa shape index (κ3) is 4.54. The van der Waals surface area contributed by atoms with E-state index in [1.165, 1.54) is 0 Å². The van der Waals surface area contributed by atoms with Gasteiger partial charge in [0.25, 0.3) is 0 Å². The van der Waals surface area contributed by atoms with Crippen LogP contribution in [0.2, 0.25) is 0 Å². The molecule has 24 heavy (non-hydrogen) atoms. The predicted octanol–water partition coefficient (Wildman–Crippen LogP) is 3.37. The first-order valence-corrected chi connectivity index (χ1v) is 8.42. The van der Waals surface area contributed by atoms with E-state index in [1.54, 1.807) is 0 Å². The lowest BCUT2D eigenvalue weighted by Crippen LogP contribution is -2.42. The summed E-state index contributed by atoms with van der Waals surface area (Å²) in [5, 5.41) is 3.15. The van der Waals surface area contributed by atoms with E-state index >= 15 is 0 Å². The van der Waals surface area contributed by atoms with Crippen LogP contribution in [-0.4, -0.2) is 24.2 Å². The Morgan fingerprint density at radius 1 is 1.38 bits per heavy atom. The number of anilines is 1. The second kappa shape index (κ2) is 7.62. The number of amides is 1. The number of ether oxygens (including phenoxy) is 2. The molecule has 1 aromatic carbocycles. The molecule has 3 rings (SSSR count). The zero-order valence-corrected chi connectivity index (χ0v) is 15.2. The van der Waals surface area contributed by atoms with Gasteiger partial charge in [0.15, 0.2) is 0 Å². The third-order valence-electron chi connectivity index (χ3n) is 4.51.